The highest BCUT2D eigenvalue weighted by molar-refractivity contribution is 5.76. The SMILES string of the molecule is C[C@H]1C[C@H]2OC3(CC[C@H]4[C@@H]5CC=C6C[C@@H](O)CC[C@]6(C)[C@H]5CC45CC5(C)C3)[C@H](C)[C@@H]2N(CCNC(=O)CCCCCNC(=O)CCc2ccccc2)C1. The summed E-state index contributed by atoms with van der Waals surface area (Å²) in [6.07, 6.45) is 19.2. The highest BCUT2D eigenvalue weighted by atomic mass is 16.5. The van der Waals surface area contributed by atoms with Crippen LogP contribution in [0.1, 0.15) is 130 Å². The second-order valence-corrected chi connectivity index (χ2v) is 19.8. The first kappa shape index (κ1) is 37.7. The summed E-state index contributed by atoms with van der Waals surface area (Å²) in [4.78, 5) is 27.7. The lowest BCUT2D eigenvalue weighted by molar-refractivity contribution is -0.122. The summed E-state index contributed by atoms with van der Waals surface area (Å²) in [6, 6.07) is 10.6. The molecule has 2 saturated heterocycles. The number of likely N-dealkylation sites (tertiary alicyclic amines) is 1. The standard InChI is InChI=1S/C46H69N3O4/c1-31-25-39-42(49(28-31)24-23-48-40(51)13-9-6-10-22-47-41(52)17-14-33-11-7-5-8-12-33)32(2)46(53-39)21-19-37-36-16-15-34-26-35(50)18-20-44(34,4)38(36)27-45(37)29-43(45,3)30-46/h5,7-8,11-12,15,31-32,35-39,42,50H,6,9-10,13-14,16-30H2,1-4H3,(H,47,52)(H,48,51)/t31-,32+,35-,36-,37-,38-,39+,42-,43?,44-,45?,46?/m0/s1. The first-order valence-electron chi connectivity index (χ1n) is 21.8. The molecule has 7 nitrogen and oxygen atoms in total. The van der Waals surface area contributed by atoms with Gasteiger partial charge < -0.3 is 20.5 Å². The highest BCUT2D eigenvalue weighted by Gasteiger charge is 2.77. The molecule has 7 heteroatoms. The van der Waals surface area contributed by atoms with Crippen molar-refractivity contribution in [3.63, 3.8) is 0 Å². The number of piperidine rings is 1. The van der Waals surface area contributed by atoms with Gasteiger partial charge in [0, 0.05) is 51.0 Å². The van der Waals surface area contributed by atoms with Gasteiger partial charge in [-0.1, -0.05) is 76.1 Å². The van der Waals surface area contributed by atoms with E-state index >= 15 is 0 Å². The normalized spacial score (nSPS) is 42.7. The Kier molecular flexibility index (Phi) is 10.5. The van der Waals surface area contributed by atoms with Gasteiger partial charge in [-0.3, -0.25) is 14.5 Å². The number of carbonyl (C=O) groups is 2. The third-order valence-corrected chi connectivity index (χ3v) is 16.6. The summed E-state index contributed by atoms with van der Waals surface area (Å²) in [7, 11) is 0. The summed E-state index contributed by atoms with van der Waals surface area (Å²) in [5.74, 6) is 3.74. The van der Waals surface area contributed by atoms with E-state index in [0.717, 1.165) is 75.8 Å². The van der Waals surface area contributed by atoms with Gasteiger partial charge in [0.1, 0.15) is 0 Å². The number of nitrogens with zero attached hydrogens (tertiary/aromatic N) is 1. The van der Waals surface area contributed by atoms with E-state index in [1.807, 2.05) is 18.2 Å². The third-order valence-electron chi connectivity index (χ3n) is 16.6. The maximum absolute atomic E-state index is 12.8. The van der Waals surface area contributed by atoms with Crippen molar-refractivity contribution in [3.8, 4) is 0 Å². The second kappa shape index (κ2) is 14.7. The van der Waals surface area contributed by atoms with Gasteiger partial charge in [-0.05, 0) is 129 Å². The summed E-state index contributed by atoms with van der Waals surface area (Å²) >= 11 is 0. The number of benzene rings is 1. The number of unbranched alkanes of at least 4 members (excludes halogenated alkanes) is 2. The molecule has 292 valence electrons. The fourth-order valence-corrected chi connectivity index (χ4v) is 13.9. The molecule has 12 atom stereocenters. The van der Waals surface area contributed by atoms with E-state index in [9.17, 15) is 14.7 Å². The predicted octanol–water partition coefficient (Wildman–Crippen LogP) is 7.61. The number of carbonyl (C=O) groups excluding carboxylic acids is 2. The number of rotatable bonds is 12. The Bertz CT molecular complexity index is 1530. The quantitative estimate of drug-likeness (QED) is 0.152. The maximum atomic E-state index is 12.8. The monoisotopic (exact) mass is 728 g/mol. The van der Waals surface area contributed by atoms with Crippen LogP contribution in [-0.4, -0.2) is 71.9 Å². The molecular formula is C46H69N3O4. The molecule has 2 aliphatic heterocycles. The van der Waals surface area contributed by atoms with Gasteiger partial charge in [-0.15, -0.1) is 0 Å². The summed E-state index contributed by atoms with van der Waals surface area (Å²) < 4.78 is 7.43. The average molecular weight is 728 g/mol. The Morgan fingerprint density at radius 2 is 1.74 bits per heavy atom. The Labute approximate surface area is 319 Å². The number of hydrogen-bond acceptors (Lipinski definition) is 5. The number of aliphatic hydroxyl groups excluding tert-OH is 1. The zero-order chi connectivity index (χ0) is 37.0. The lowest BCUT2D eigenvalue weighted by atomic mass is 9.56. The molecule has 5 aliphatic carbocycles. The molecule has 3 N–H and O–H groups in total. The van der Waals surface area contributed by atoms with Crippen molar-refractivity contribution in [3.05, 3.63) is 47.5 Å². The molecule has 6 fully saturated rings. The Balaban J connectivity index is 0.807. The van der Waals surface area contributed by atoms with E-state index in [0.29, 0.717) is 66.2 Å². The molecule has 2 spiro atoms. The number of fused-ring (bicyclic) bond motifs is 5. The van der Waals surface area contributed by atoms with Crippen molar-refractivity contribution >= 4 is 11.8 Å². The lowest BCUT2D eigenvalue weighted by Crippen LogP contribution is -2.53. The fraction of sp³-hybridized carbons (Fsp3) is 0.783. The Morgan fingerprint density at radius 1 is 0.943 bits per heavy atom. The van der Waals surface area contributed by atoms with Crippen molar-refractivity contribution in [2.45, 2.75) is 154 Å². The van der Waals surface area contributed by atoms with E-state index < -0.39 is 0 Å². The largest absolute Gasteiger partial charge is 0.393 e. The van der Waals surface area contributed by atoms with Crippen molar-refractivity contribution < 1.29 is 19.4 Å². The zero-order valence-corrected chi connectivity index (χ0v) is 33.3. The van der Waals surface area contributed by atoms with Crippen LogP contribution in [0.5, 0.6) is 0 Å². The molecule has 0 radical (unpaired) electrons. The number of aliphatic hydroxyl groups is 1. The van der Waals surface area contributed by atoms with Gasteiger partial charge in [0.2, 0.25) is 11.8 Å². The molecule has 2 heterocycles. The first-order valence-corrected chi connectivity index (χ1v) is 21.8. The van der Waals surface area contributed by atoms with Gasteiger partial charge in [-0.2, -0.15) is 0 Å². The predicted molar refractivity (Wildman–Crippen MR) is 210 cm³/mol. The molecule has 3 unspecified atom stereocenters. The minimum Gasteiger partial charge on any atom is -0.393 e. The van der Waals surface area contributed by atoms with E-state index in [1.54, 1.807) is 5.57 Å². The van der Waals surface area contributed by atoms with Gasteiger partial charge >= 0.3 is 0 Å². The first-order chi connectivity index (χ1) is 25.5. The maximum Gasteiger partial charge on any atom is 0.220 e. The molecule has 8 rings (SSSR count). The summed E-state index contributed by atoms with van der Waals surface area (Å²) in [5.41, 5.74) is 3.89. The molecule has 4 saturated carbocycles. The van der Waals surface area contributed by atoms with Crippen LogP contribution in [-0.2, 0) is 20.7 Å². The Hall–Kier alpha value is -2.22. The molecule has 0 bridgehead atoms. The fourth-order valence-electron chi connectivity index (χ4n) is 13.9. The van der Waals surface area contributed by atoms with E-state index in [2.05, 4.69) is 61.4 Å². The molecule has 7 aliphatic rings. The van der Waals surface area contributed by atoms with Crippen LogP contribution in [0.25, 0.3) is 0 Å². The van der Waals surface area contributed by atoms with Gasteiger partial charge in [0.25, 0.3) is 0 Å². The molecule has 1 aromatic carbocycles. The van der Waals surface area contributed by atoms with Crippen LogP contribution in [0.2, 0.25) is 0 Å². The van der Waals surface area contributed by atoms with Crippen molar-refractivity contribution in [2.24, 2.45) is 45.8 Å². The molecule has 1 aromatic rings. The van der Waals surface area contributed by atoms with Gasteiger partial charge in [0.05, 0.1) is 17.8 Å². The minimum absolute atomic E-state index is 0.0329. The number of allylic oxidation sites excluding steroid dienone is 1. The molecular weight excluding hydrogens is 659 g/mol. The smallest absolute Gasteiger partial charge is 0.220 e. The molecule has 2 amide bonds. The second-order valence-electron chi connectivity index (χ2n) is 19.8. The van der Waals surface area contributed by atoms with Gasteiger partial charge in [0.15, 0.2) is 0 Å². The van der Waals surface area contributed by atoms with Gasteiger partial charge in [-0.25, -0.2) is 0 Å². The number of amides is 2. The molecule has 53 heavy (non-hydrogen) atoms. The number of nitrogens with one attached hydrogen (secondary N) is 2. The number of ether oxygens (including phenoxy) is 1. The topological polar surface area (TPSA) is 90.9 Å². The van der Waals surface area contributed by atoms with Crippen LogP contribution in [0.3, 0.4) is 0 Å². The van der Waals surface area contributed by atoms with Crippen LogP contribution in [0.4, 0.5) is 0 Å². The summed E-state index contributed by atoms with van der Waals surface area (Å²) in [6.45, 7) is 13.5. The average Bonchev–Trinajstić information content (AvgIpc) is 3.44. The minimum atomic E-state index is -0.135. The van der Waals surface area contributed by atoms with Crippen LogP contribution in [0.15, 0.2) is 42.0 Å². The van der Waals surface area contributed by atoms with Crippen molar-refractivity contribution in [1.29, 1.82) is 0 Å². The number of hydrogen-bond donors (Lipinski definition) is 3. The number of aryl methyl sites for hydroxylation is 1. The van der Waals surface area contributed by atoms with Crippen LogP contribution in [0, 0.1) is 45.8 Å². The van der Waals surface area contributed by atoms with Crippen LogP contribution < -0.4 is 10.6 Å². The third kappa shape index (κ3) is 6.96. The zero-order valence-electron chi connectivity index (χ0n) is 33.3. The van der Waals surface area contributed by atoms with E-state index in [-0.39, 0.29) is 23.5 Å². The lowest BCUT2D eigenvalue weighted by Gasteiger charge is -2.49. The summed E-state index contributed by atoms with van der Waals surface area (Å²) in [5, 5.41) is 16.8. The van der Waals surface area contributed by atoms with Crippen LogP contribution >= 0.6 is 0 Å². The molecule has 0 aromatic heterocycles. The van der Waals surface area contributed by atoms with E-state index in [4.69, 9.17) is 4.74 Å². The Morgan fingerprint density at radius 3 is 2.57 bits per heavy atom. The highest BCUT2D eigenvalue weighted by Crippen LogP contribution is 2.83. The van der Waals surface area contributed by atoms with Crippen molar-refractivity contribution in [2.75, 3.05) is 26.2 Å². The van der Waals surface area contributed by atoms with Crippen molar-refractivity contribution in [1.82, 2.24) is 15.5 Å². The van der Waals surface area contributed by atoms with E-state index in [1.165, 1.54) is 50.5 Å².